The molecule has 0 unspecified atom stereocenters. The van der Waals surface area contributed by atoms with Crippen LogP contribution in [0.15, 0.2) is 5.38 Å². The van der Waals surface area contributed by atoms with E-state index in [1.54, 1.807) is 11.3 Å². The number of aryl methyl sites for hydroxylation is 1. The molecule has 3 heteroatoms. The van der Waals surface area contributed by atoms with Crippen molar-refractivity contribution in [2.45, 2.75) is 65.3 Å². The standard InChI is InChI=1S/C15H26N2S/c1-12(2)16-11-15(7-5-4-6-8-15)9-14-10-18-13(3)17-14/h10,12,16H,4-9,11H2,1-3H3. The second-order valence-corrected chi connectivity index (χ2v) is 7.19. The fourth-order valence-corrected chi connectivity index (χ4v) is 3.62. The SMILES string of the molecule is Cc1nc(CC2(CNC(C)C)CCCCC2)cs1. The number of nitrogens with one attached hydrogen (secondary N) is 1. The minimum atomic E-state index is 0.461. The third-order valence-electron chi connectivity index (χ3n) is 4.02. The molecule has 18 heavy (non-hydrogen) atoms. The number of nitrogens with zero attached hydrogens (tertiary/aromatic N) is 1. The monoisotopic (exact) mass is 266 g/mol. The van der Waals surface area contributed by atoms with Crippen molar-refractivity contribution in [2.75, 3.05) is 6.54 Å². The summed E-state index contributed by atoms with van der Waals surface area (Å²) in [5.41, 5.74) is 1.77. The van der Waals surface area contributed by atoms with Crippen molar-refractivity contribution in [2.24, 2.45) is 5.41 Å². The molecule has 1 aliphatic rings. The first-order valence-corrected chi connectivity index (χ1v) is 8.12. The Morgan fingerprint density at radius 1 is 1.33 bits per heavy atom. The highest BCUT2D eigenvalue weighted by atomic mass is 32.1. The van der Waals surface area contributed by atoms with E-state index in [1.165, 1.54) is 42.8 Å². The molecular weight excluding hydrogens is 240 g/mol. The molecule has 102 valence electrons. The van der Waals surface area contributed by atoms with E-state index < -0.39 is 0 Å². The molecule has 2 nitrogen and oxygen atoms in total. The third-order valence-corrected chi connectivity index (χ3v) is 4.84. The van der Waals surface area contributed by atoms with Gasteiger partial charge in [0.15, 0.2) is 0 Å². The predicted octanol–water partition coefficient (Wildman–Crippen LogP) is 3.94. The Bertz CT molecular complexity index is 364. The summed E-state index contributed by atoms with van der Waals surface area (Å²) >= 11 is 1.78. The third kappa shape index (κ3) is 3.79. The van der Waals surface area contributed by atoms with E-state index in [4.69, 9.17) is 0 Å². The molecule has 0 aliphatic heterocycles. The molecule has 1 saturated carbocycles. The molecule has 1 aromatic rings. The number of hydrogen-bond donors (Lipinski definition) is 1. The van der Waals surface area contributed by atoms with Gasteiger partial charge in [-0.2, -0.15) is 0 Å². The molecule has 1 heterocycles. The number of thiazole rings is 1. The van der Waals surface area contributed by atoms with Gasteiger partial charge >= 0.3 is 0 Å². The summed E-state index contributed by atoms with van der Waals surface area (Å²) in [6.45, 7) is 7.74. The second kappa shape index (κ2) is 6.16. The molecule has 1 N–H and O–H groups in total. The van der Waals surface area contributed by atoms with Crippen LogP contribution in [-0.2, 0) is 6.42 Å². The van der Waals surface area contributed by atoms with Crippen molar-refractivity contribution in [1.29, 1.82) is 0 Å². The summed E-state index contributed by atoms with van der Waals surface area (Å²) in [6.07, 6.45) is 8.09. The lowest BCUT2D eigenvalue weighted by Gasteiger charge is -2.38. The summed E-state index contributed by atoms with van der Waals surface area (Å²) in [5, 5.41) is 7.11. The highest BCUT2D eigenvalue weighted by Crippen LogP contribution is 2.39. The molecule has 1 aliphatic carbocycles. The summed E-state index contributed by atoms with van der Waals surface area (Å²) in [6, 6.07) is 0.584. The minimum Gasteiger partial charge on any atom is -0.314 e. The average molecular weight is 266 g/mol. The van der Waals surface area contributed by atoms with Crippen LogP contribution in [0.5, 0.6) is 0 Å². The van der Waals surface area contributed by atoms with Gasteiger partial charge in [0, 0.05) is 18.0 Å². The number of aromatic nitrogens is 1. The van der Waals surface area contributed by atoms with Gasteiger partial charge in [0.1, 0.15) is 0 Å². The lowest BCUT2D eigenvalue weighted by molar-refractivity contribution is 0.175. The maximum absolute atomic E-state index is 4.67. The van der Waals surface area contributed by atoms with Gasteiger partial charge in [-0.05, 0) is 31.6 Å². The Balaban J connectivity index is 2.03. The van der Waals surface area contributed by atoms with Crippen LogP contribution in [0.2, 0.25) is 0 Å². The summed E-state index contributed by atoms with van der Waals surface area (Å²) in [5.74, 6) is 0. The topological polar surface area (TPSA) is 24.9 Å². The smallest absolute Gasteiger partial charge is 0.0897 e. The van der Waals surface area contributed by atoms with E-state index in [0.717, 1.165) is 13.0 Å². The Labute approximate surface area is 115 Å². The quantitative estimate of drug-likeness (QED) is 0.873. The summed E-state index contributed by atoms with van der Waals surface area (Å²) in [4.78, 5) is 4.67. The van der Waals surface area contributed by atoms with E-state index in [-0.39, 0.29) is 0 Å². The van der Waals surface area contributed by atoms with Crippen molar-refractivity contribution >= 4 is 11.3 Å². The molecule has 0 radical (unpaired) electrons. The van der Waals surface area contributed by atoms with Crippen LogP contribution in [-0.4, -0.2) is 17.6 Å². The second-order valence-electron chi connectivity index (χ2n) is 6.13. The van der Waals surface area contributed by atoms with E-state index in [0.29, 0.717) is 11.5 Å². The van der Waals surface area contributed by atoms with Crippen LogP contribution in [0.4, 0.5) is 0 Å². The van der Waals surface area contributed by atoms with Crippen LogP contribution in [0, 0.1) is 12.3 Å². The lowest BCUT2D eigenvalue weighted by atomic mass is 9.71. The van der Waals surface area contributed by atoms with Gasteiger partial charge < -0.3 is 5.32 Å². The fourth-order valence-electron chi connectivity index (χ4n) is 3.01. The van der Waals surface area contributed by atoms with E-state index in [2.05, 4.69) is 36.5 Å². The van der Waals surface area contributed by atoms with Gasteiger partial charge in [-0.1, -0.05) is 33.1 Å². The van der Waals surface area contributed by atoms with Crippen LogP contribution in [0.3, 0.4) is 0 Å². The number of rotatable bonds is 5. The molecule has 0 bridgehead atoms. The van der Waals surface area contributed by atoms with E-state index >= 15 is 0 Å². The summed E-state index contributed by atoms with van der Waals surface area (Å²) in [7, 11) is 0. The van der Waals surface area contributed by atoms with Crippen molar-refractivity contribution in [3.8, 4) is 0 Å². The first kappa shape index (κ1) is 14.0. The Morgan fingerprint density at radius 3 is 2.61 bits per heavy atom. The van der Waals surface area contributed by atoms with Gasteiger partial charge in [0.25, 0.3) is 0 Å². The molecule has 1 aromatic heterocycles. The zero-order valence-corrected chi connectivity index (χ0v) is 12.8. The molecular formula is C15H26N2S. The predicted molar refractivity (Wildman–Crippen MR) is 79.2 cm³/mol. The number of hydrogen-bond acceptors (Lipinski definition) is 3. The Morgan fingerprint density at radius 2 is 2.06 bits per heavy atom. The van der Waals surface area contributed by atoms with Crippen LogP contribution in [0.1, 0.15) is 56.7 Å². The van der Waals surface area contributed by atoms with Gasteiger partial charge in [0.05, 0.1) is 10.7 Å². The molecule has 2 rings (SSSR count). The van der Waals surface area contributed by atoms with E-state index in [1.807, 2.05) is 0 Å². The average Bonchev–Trinajstić information content (AvgIpc) is 2.73. The molecule has 0 aromatic carbocycles. The van der Waals surface area contributed by atoms with Crippen LogP contribution < -0.4 is 5.32 Å². The van der Waals surface area contributed by atoms with Crippen LogP contribution >= 0.6 is 11.3 Å². The first-order chi connectivity index (χ1) is 8.60. The minimum absolute atomic E-state index is 0.461. The van der Waals surface area contributed by atoms with Gasteiger partial charge in [0.2, 0.25) is 0 Å². The van der Waals surface area contributed by atoms with Gasteiger partial charge in [-0.25, -0.2) is 4.98 Å². The normalized spacial score (nSPS) is 19.3. The zero-order valence-electron chi connectivity index (χ0n) is 12.0. The fraction of sp³-hybridized carbons (Fsp3) is 0.800. The zero-order chi connectivity index (χ0) is 13.0. The molecule has 1 fully saturated rings. The van der Waals surface area contributed by atoms with Crippen molar-refractivity contribution in [3.05, 3.63) is 16.1 Å². The molecule has 0 amide bonds. The molecule has 0 atom stereocenters. The Hall–Kier alpha value is -0.410. The van der Waals surface area contributed by atoms with Crippen molar-refractivity contribution < 1.29 is 0 Å². The lowest BCUT2D eigenvalue weighted by Crippen LogP contribution is -2.40. The Kier molecular flexibility index (Phi) is 4.79. The highest BCUT2D eigenvalue weighted by Gasteiger charge is 2.32. The maximum Gasteiger partial charge on any atom is 0.0897 e. The highest BCUT2D eigenvalue weighted by molar-refractivity contribution is 7.09. The van der Waals surface area contributed by atoms with Crippen molar-refractivity contribution in [1.82, 2.24) is 10.3 Å². The first-order valence-electron chi connectivity index (χ1n) is 7.24. The maximum atomic E-state index is 4.67. The van der Waals surface area contributed by atoms with E-state index in [9.17, 15) is 0 Å². The summed E-state index contributed by atoms with van der Waals surface area (Å²) < 4.78 is 0. The van der Waals surface area contributed by atoms with Crippen LogP contribution in [0.25, 0.3) is 0 Å². The van der Waals surface area contributed by atoms with Gasteiger partial charge in [-0.3, -0.25) is 0 Å². The molecule has 0 spiro atoms. The van der Waals surface area contributed by atoms with Crippen molar-refractivity contribution in [3.63, 3.8) is 0 Å². The molecule has 0 saturated heterocycles. The largest absolute Gasteiger partial charge is 0.314 e. The van der Waals surface area contributed by atoms with Gasteiger partial charge in [-0.15, -0.1) is 11.3 Å².